The fourth-order valence-corrected chi connectivity index (χ4v) is 2.76. The molecule has 0 aliphatic carbocycles. The Bertz CT molecular complexity index is 900. The van der Waals surface area contributed by atoms with Crippen LogP contribution in [0.3, 0.4) is 0 Å². The normalized spacial score (nSPS) is 13.2. The number of carbonyl (C=O) groups excluding carboxylic acids is 2. The Labute approximate surface area is 167 Å². The summed E-state index contributed by atoms with van der Waals surface area (Å²) in [4.78, 5) is 24.2. The van der Waals surface area contributed by atoms with E-state index in [4.69, 9.17) is 18.9 Å². The van der Waals surface area contributed by atoms with Crippen LogP contribution < -0.4 is 29.6 Å². The molecule has 9 nitrogen and oxygen atoms in total. The zero-order chi connectivity index (χ0) is 20.8. The number of aliphatic hydroxyl groups is 1. The van der Waals surface area contributed by atoms with Gasteiger partial charge in [-0.1, -0.05) is 6.07 Å². The van der Waals surface area contributed by atoms with Gasteiger partial charge in [-0.2, -0.15) is 0 Å². The summed E-state index contributed by atoms with van der Waals surface area (Å²) < 4.78 is 21.2. The highest BCUT2D eigenvalue weighted by molar-refractivity contribution is 6.39. The number of anilines is 1. The molecule has 1 atom stereocenters. The molecule has 2 amide bonds. The lowest BCUT2D eigenvalue weighted by atomic mass is 10.1. The second-order valence-corrected chi connectivity index (χ2v) is 6.15. The molecular weight excluding hydrogens is 380 g/mol. The van der Waals surface area contributed by atoms with Crippen molar-refractivity contribution in [1.82, 2.24) is 5.32 Å². The van der Waals surface area contributed by atoms with E-state index in [1.165, 1.54) is 14.2 Å². The van der Waals surface area contributed by atoms with Crippen LogP contribution in [0.5, 0.6) is 23.0 Å². The molecule has 1 aliphatic heterocycles. The predicted molar refractivity (Wildman–Crippen MR) is 104 cm³/mol. The van der Waals surface area contributed by atoms with E-state index in [9.17, 15) is 14.7 Å². The van der Waals surface area contributed by atoms with Gasteiger partial charge in [-0.25, -0.2) is 0 Å². The molecular formula is C20H22N2O7. The van der Waals surface area contributed by atoms with Crippen LogP contribution in [0, 0.1) is 0 Å². The third-order valence-electron chi connectivity index (χ3n) is 4.25. The molecule has 0 spiro atoms. The number of amides is 2. The summed E-state index contributed by atoms with van der Waals surface area (Å²) >= 11 is 0. The second kappa shape index (κ2) is 9.16. The van der Waals surface area contributed by atoms with Crippen molar-refractivity contribution < 1.29 is 33.6 Å². The van der Waals surface area contributed by atoms with E-state index >= 15 is 0 Å². The minimum atomic E-state index is -1.03. The third kappa shape index (κ3) is 4.88. The Morgan fingerprint density at radius 3 is 2.45 bits per heavy atom. The van der Waals surface area contributed by atoms with Gasteiger partial charge in [0.2, 0.25) is 0 Å². The smallest absolute Gasteiger partial charge is 0.313 e. The van der Waals surface area contributed by atoms with Crippen LogP contribution in [0.1, 0.15) is 11.7 Å². The topological polar surface area (TPSA) is 115 Å². The summed E-state index contributed by atoms with van der Waals surface area (Å²) in [6.07, 6.45) is -1.03. The fourth-order valence-electron chi connectivity index (χ4n) is 2.76. The Hall–Kier alpha value is -3.46. The first kappa shape index (κ1) is 20.3. The summed E-state index contributed by atoms with van der Waals surface area (Å²) in [5, 5.41) is 15.2. The van der Waals surface area contributed by atoms with E-state index in [-0.39, 0.29) is 6.54 Å². The molecule has 3 rings (SSSR count). The largest absolute Gasteiger partial charge is 0.493 e. The molecule has 154 valence electrons. The van der Waals surface area contributed by atoms with E-state index in [0.29, 0.717) is 47.5 Å². The van der Waals surface area contributed by atoms with Gasteiger partial charge in [0.25, 0.3) is 0 Å². The Balaban J connectivity index is 1.55. The van der Waals surface area contributed by atoms with Crippen molar-refractivity contribution in [3.8, 4) is 23.0 Å². The van der Waals surface area contributed by atoms with E-state index in [2.05, 4.69) is 10.6 Å². The van der Waals surface area contributed by atoms with Gasteiger partial charge < -0.3 is 34.7 Å². The van der Waals surface area contributed by atoms with Gasteiger partial charge in [0.05, 0.1) is 20.3 Å². The zero-order valence-electron chi connectivity index (χ0n) is 16.1. The van der Waals surface area contributed by atoms with E-state index in [1.807, 2.05) is 0 Å². The standard InChI is InChI=1S/C20H22N2O7/c1-26-15-5-3-12(9-17(15)27-2)14(23)11-21-19(24)20(25)22-13-4-6-16-18(10-13)29-8-7-28-16/h3-6,9-10,14,23H,7-8,11H2,1-2H3,(H,21,24)(H,22,25). The molecule has 0 bridgehead atoms. The van der Waals surface area contributed by atoms with Crippen molar-refractivity contribution in [3.05, 3.63) is 42.0 Å². The number of ether oxygens (including phenoxy) is 4. The average molecular weight is 402 g/mol. The van der Waals surface area contributed by atoms with Crippen LogP contribution in [0.2, 0.25) is 0 Å². The van der Waals surface area contributed by atoms with Gasteiger partial charge in [0.1, 0.15) is 13.2 Å². The highest BCUT2D eigenvalue weighted by atomic mass is 16.6. The van der Waals surface area contributed by atoms with Crippen LogP contribution in [0.4, 0.5) is 5.69 Å². The van der Waals surface area contributed by atoms with Crippen LogP contribution in [-0.2, 0) is 9.59 Å². The lowest BCUT2D eigenvalue weighted by molar-refractivity contribution is -0.136. The van der Waals surface area contributed by atoms with Gasteiger partial charge in [-0.15, -0.1) is 0 Å². The number of hydrogen-bond acceptors (Lipinski definition) is 7. The second-order valence-electron chi connectivity index (χ2n) is 6.15. The third-order valence-corrected chi connectivity index (χ3v) is 4.25. The Kier molecular flexibility index (Phi) is 6.40. The van der Waals surface area contributed by atoms with Gasteiger partial charge in [0, 0.05) is 18.3 Å². The molecule has 0 fully saturated rings. The average Bonchev–Trinajstić information content (AvgIpc) is 2.76. The molecule has 0 aromatic heterocycles. The minimum absolute atomic E-state index is 0.150. The van der Waals surface area contributed by atoms with Gasteiger partial charge in [-0.05, 0) is 29.8 Å². The minimum Gasteiger partial charge on any atom is -0.493 e. The molecule has 2 aromatic rings. The molecule has 9 heteroatoms. The number of fused-ring (bicyclic) bond motifs is 1. The van der Waals surface area contributed by atoms with E-state index < -0.39 is 17.9 Å². The lowest BCUT2D eigenvalue weighted by Crippen LogP contribution is -2.37. The molecule has 0 saturated carbocycles. The summed E-state index contributed by atoms with van der Waals surface area (Å²) in [5.74, 6) is 0.314. The Morgan fingerprint density at radius 1 is 1.00 bits per heavy atom. The molecule has 1 aliphatic rings. The maximum Gasteiger partial charge on any atom is 0.313 e. The number of aliphatic hydroxyl groups excluding tert-OH is 1. The quantitative estimate of drug-likeness (QED) is 0.623. The molecule has 1 heterocycles. The molecule has 2 aromatic carbocycles. The zero-order valence-corrected chi connectivity index (χ0v) is 16.1. The number of hydrogen-bond donors (Lipinski definition) is 3. The molecule has 0 saturated heterocycles. The highest BCUT2D eigenvalue weighted by Gasteiger charge is 2.19. The van der Waals surface area contributed by atoms with Crippen LogP contribution in [0.25, 0.3) is 0 Å². The molecule has 3 N–H and O–H groups in total. The van der Waals surface area contributed by atoms with Crippen molar-refractivity contribution >= 4 is 17.5 Å². The number of methoxy groups -OCH3 is 2. The molecule has 1 unspecified atom stereocenters. The summed E-state index contributed by atoms with van der Waals surface area (Å²) in [6.45, 7) is 0.727. The summed E-state index contributed by atoms with van der Waals surface area (Å²) in [5.41, 5.74) is 0.907. The van der Waals surface area contributed by atoms with Gasteiger partial charge in [0.15, 0.2) is 23.0 Å². The van der Waals surface area contributed by atoms with Crippen molar-refractivity contribution in [2.75, 3.05) is 39.3 Å². The van der Waals surface area contributed by atoms with Gasteiger partial charge >= 0.3 is 11.8 Å². The number of rotatable bonds is 6. The first-order chi connectivity index (χ1) is 14.0. The monoisotopic (exact) mass is 402 g/mol. The molecule has 29 heavy (non-hydrogen) atoms. The van der Waals surface area contributed by atoms with Crippen molar-refractivity contribution in [3.63, 3.8) is 0 Å². The number of carbonyl (C=O) groups is 2. The SMILES string of the molecule is COc1ccc(C(O)CNC(=O)C(=O)Nc2ccc3c(c2)OCCO3)cc1OC. The summed E-state index contributed by atoms with van der Waals surface area (Å²) in [7, 11) is 2.99. The van der Waals surface area contributed by atoms with Crippen molar-refractivity contribution in [2.24, 2.45) is 0 Å². The van der Waals surface area contributed by atoms with Crippen molar-refractivity contribution in [2.45, 2.75) is 6.10 Å². The first-order valence-corrected chi connectivity index (χ1v) is 8.90. The van der Waals surface area contributed by atoms with Crippen molar-refractivity contribution in [1.29, 1.82) is 0 Å². The van der Waals surface area contributed by atoms with E-state index in [1.54, 1.807) is 36.4 Å². The summed E-state index contributed by atoms with van der Waals surface area (Å²) in [6, 6.07) is 9.74. The van der Waals surface area contributed by atoms with Crippen LogP contribution >= 0.6 is 0 Å². The maximum absolute atomic E-state index is 12.1. The lowest BCUT2D eigenvalue weighted by Gasteiger charge is -2.19. The van der Waals surface area contributed by atoms with Crippen LogP contribution in [0.15, 0.2) is 36.4 Å². The van der Waals surface area contributed by atoms with Crippen LogP contribution in [-0.4, -0.2) is 50.9 Å². The van der Waals surface area contributed by atoms with Gasteiger partial charge in [-0.3, -0.25) is 9.59 Å². The number of benzene rings is 2. The number of nitrogens with one attached hydrogen (secondary N) is 2. The fraction of sp³-hybridized carbons (Fsp3) is 0.300. The Morgan fingerprint density at radius 2 is 1.72 bits per heavy atom. The highest BCUT2D eigenvalue weighted by Crippen LogP contribution is 2.32. The predicted octanol–water partition coefficient (Wildman–Crippen LogP) is 1.26. The van der Waals surface area contributed by atoms with E-state index in [0.717, 1.165) is 0 Å². The first-order valence-electron chi connectivity index (χ1n) is 8.90. The maximum atomic E-state index is 12.1. The molecule has 0 radical (unpaired) electrons.